The summed E-state index contributed by atoms with van der Waals surface area (Å²) in [6.45, 7) is 7.87. The zero-order chi connectivity index (χ0) is 20.7. The Hall–Kier alpha value is -3.41. The molecule has 1 unspecified atom stereocenters. The van der Waals surface area contributed by atoms with Crippen molar-refractivity contribution in [3.63, 3.8) is 0 Å². The molecule has 0 fully saturated rings. The highest BCUT2D eigenvalue weighted by Gasteiger charge is 2.25. The van der Waals surface area contributed by atoms with Crippen molar-refractivity contribution >= 4 is 28.1 Å². The number of anilines is 1. The van der Waals surface area contributed by atoms with E-state index >= 15 is 0 Å². The molecule has 0 aliphatic rings. The van der Waals surface area contributed by atoms with E-state index in [0.717, 1.165) is 33.4 Å². The number of benzene rings is 2. The third kappa shape index (κ3) is 3.31. The lowest BCUT2D eigenvalue weighted by Gasteiger charge is -2.21. The molecule has 0 saturated heterocycles. The van der Waals surface area contributed by atoms with Crippen LogP contribution >= 0.6 is 0 Å². The molecule has 1 N–H and O–H groups in total. The Labute approximate surface area is 168 Å². The molecule has 29 heavy (non-hydrogen) atoms. The second-order valence-electron chi connectivity index (χ2n) is 7.52. The molecule has 148 valence electrons. The molecular weight excluding hydrogens is 364 g/mol. The maximum Gasteiger partial charge on any atom is 0.273 e. The molecule has 4 rings (SSSR count). The van der Waals surface area contributed by atoms with Gasteiger partial charge >= 0.3 is 0 Å². The summed E-state index contributed by atoms with van der Waals surface area (Å²) in [4.78, 5) is 29.5. The molecule has 0 spiro atoms. The van der Waals surface area contributed by atoms with Crippen molar-refractivity contribution in [3.8, 4) is 0 Å². The molecule has 6 nitrogen and oxygen atoms in total. The molecule has 0 saturated carbocycles. The quantitative estimate of drug-likeness (QED) is 0.571. The van der Waals surface area contributed by atoms with E-state index in [4.69, 9.17) is 0 Å². The van der Waals surface area contributed by atoms with Gasteiger partial charge in [0.05, 0.1) is 5.52 Å². The van der Waals surface area contributed by atoms with Crippen LogP contribution in [0.15, 0.2) is 53.3 Å². The van der Waals surface area contributed by atoms with Gasteiger partial charge in [0.1, 0.15) is 6.04 Å². The van der Waals surface area contributed by atoms with Gasteiger partial charge in [0.15, 0.2) is 5.65 Å². The number of aryl methyl sites for hydroxylation is 3. The summed E-state index contributed by atoms with van der Waals surface area (Å²) in [6.07, 6.45) is 0.593. The molecule has 6 heteroatoms. The maximum atomic E-state index is 13.3. The molecule has 0 aliphatic carbocycles. The molecular formula is C23H24N4O2. The normalized spacial score (nSPS) is 12.4. The summed E-state index contributed by atoms with van der Waals surface area (Å²) < 4.78 is 3.83. The van der Waals surface area contributed by atoms with Crippen molar-refractivity contribution in [2.45, 2.75) is 40.2 Å². The number of carbonyl (C=O) groups excluding carboxylic acids is 1. The average Bonchev–Trinajstić information content (AvgIpc) is 2.96. The first-order chi connectivity index (χ1) is 13.9. The van der Waals surface area contributed by atoms with Gasteiger partial charge in [-0.3, -0.25) is 14.3 Å². The van der Waals surface area contributed by atoms with E-state index in [9.17, 15) is 9.59 Å². The first kappa shape index (κ1) is 18.9. The summed E-state index contributed by atoms with van der Waals surface area (Å²) in [6, 6.07) is 14.8. The summed E-state index contributed by atoms with van der Waals surface area (Å²) in [5.41, 5.74) is 4.89. The van der Waals surface area contributed by atoms with Gasteiger partial charge in [-0.05, 0) is 62.6 Å². The number of hydrogen-bond acceptors (Lipinski definition) is 3. The Balaban J connectivity index is 1.88. The minimum Gasteiger partial charge on any atom is -0.324 e. The minimum atomic E-state index is -0.457. The Morgan fingerprint density at radius 1 is 1.07 bits per heavy atom. The van der Waals surface area contributed by atoms with Crippen LogP contribution in [0.5, 0.6) is 0 Å². The highest BCUT2D eigenvalue weighted by Crippen LogP contribution is 2.27. The Morgan fingerprint density at radius 3 is 2.45 bits per heavy atom. The second-order valence-corrected chi connectivity index (χ2v) is 7.52. The van der Waals surface area contributed by atoms with Crippen LogP contribution < -0.4 is 10.9 Å². The standard InChI is InChI=1S/C23H24N4O2/c1-5-19(23(29)24-17-11-14(2)10-15(3)12-17)27-20-9-7-6-8-18(20)22-25-21(28)13-16(4)26(22)27/h6-13,19H,5H2,1-4H3,(H,24,29). The third-order valence-electron chi connectivity index (χ3n) is 5.16. The van der Waals surface area contributed by atoms with E-state index in [1.54, 1.807) is 0 Å². The molecule has 1 atom stereocenters. The number of para-hydroxylation sites is 1. The highest BCUT2D eigenvalue weighted by atomic mass is 16.2. The van der Waals surface area contributed by atoms with Gasteiger partial charge in [-0.2, -0.15) is 4.98 Å². The van der Waals surface area contributed by atoms with Gasteiger partial charge in [-0.15, -0.1) is 0 Å². The van der Waals surface area contributed by atoms with Gasteiger partial charge in [0.25, 0.3) is 5.56 Å². The predicted molar refractivity (Wildman–Crippen MR) is 116 cm³/mol. The van der Waals surface area contributed by atoms with Crippen LogP contribution in [0, 0.1) is 20.8 Å². The zero-order valence-corrected chi connectivity index (χ0v) is 17.1. The van der Waals surface area contributed by atoms with E-state index in [-0.39, 0.29) is 11.5 Å². The van der Waals surface area contributed by atoms with Crippen molar-refractivity contribution in [1.29, 1.82) is 0 Å². The van der Waals surface area contributed by atoms with Crippen LogP contribution in [0.1, 0.15) is 36.2 Å². The van der Waals surface area contributed by atoms with E-state index < -0.39 is 6.04 Å². The molecule has 2 aromatic heterocycles. The monoisotopic (exact) mass is 388 g/mol. The number of rotatable bonds is 4. The smallest absolute Gasteiger partial charge is 0.273 e. The van der Waals surface area contributed by atoms with Crippen LogP contribution in [-0.4, -0.2) is 20.1 Å². The number of carbonyl (C=O) groups is 1. The fourth-order valence-corrected chi connectivity index (χ4v) is 4.06. The fraction of sp³-hybridized carbons (Fsp3) is 0.261. The first-order valence-electron chi connectivity index (χ1n) is 9.78. The SMILES string of the molecule is CCC(C(=O)Nc1cc(C)cc(C)c1)n1c2ccccc2c2nc(=O)cc(C)n21. The van der Waals surface area contributed by atoms with Crippen molar-refractivity contribution in [3.05, 3.63) is 75.7 Å². The Morgan fingerprint density at radius 2 is 1.76 bits per heavy atom. The number of nitrogens with zero attached hydrogens (tertiary/aromatic N) is 3. The van der Waals surface area contributed by atoms with Crippen LogP contribution in [0.25, 0.3) is 16.6 Å². The molecule has 2 aromatic carbocycles. The first-order valence-corrected chi connectivity index (χ1v) is 9.78. The maximum absolute atomic E-state index is 13.3. The number of hydrogen-bond donors (Lipinski definition) is 1. The predicted octanol–water partition coefficient (Wildman–Crippen LogP) is 4.16. The lowest BCUT2D eigenvalue weighted by Crippen LogP contribution is -2.29. The van der Waals surface area contributed by atoms with Gasteiger partial charge in [0, 0.05) is 22.8 Å². The molecule has 0 radical (unpaired) electrons. The number of fused-ring (bicyclic) bond motifs is 3. The lowest BCUT2D eigenvalue weighted by molar-refractivity contribution is -0.119. The largest absolute Gasteiger partial charge is 0.324 e. The lowest BCUT2D eigenvalue weighted by atomic mass is 10.1. The second kappa shape index (κ2) is 7.20. The van der Waals surface area contributed by atoms with Crippen LogP contribution in [0.2, 0.25) is 0 Å². The summed E-state index contributed by atoms with van der Waals surface area (Å²) in [5, 5.41) is 3.92. The van der Waals surface area contributed by atoms with E-state index in [2.05, 4.69) is 16.4 Å². The van der Waals surface area contributed by atoms with E-state index in [1.807, 2.05) is 73.3 Å². The number of nitrogens with one attached hydrogen (secondary N) is 1. The van der Waals surface area contributed by atoms with Gasteiger partial charge in [0.2, 0.25) is 5.91 Å². The Kier molecular flexibility index (Phi) is 4.70. The summed E-state index contributed by atoms with van der Waals surface area (Å²) >= 11 is 0. The fourth-order valence-electron chi connectivity index (χ4n) is 4.06. The van der Waals surface area contributed by atoms with Crippen molar-refractivity contribution in [2.75, 3.05) is 5.32 Å². The van der Waals surface area contributed by atoms with Crippen LogP contribution in [0.3, 0.4) is 0 Å². The minimum absolute atomic E-state index is 0.0988. The van der Waals surface area contributed by atoms with E-state index in [0.29, 0.717) is 12.1 Å². The molecule has 2 heterocycles. The molecule has 1 amide bonds. The topological polar surface area (TPSA) is 68.4 Å². The van der Waals surface area contributed by atoms with Gasteiger partial charge in [-0.25, -0.2) is 4.52 Å². The van der Waals surface area contributed by atoms with Crippen LogP contribution in [0.4, 0.5) is 5.69 Å². The summed E-state index contributed by atoms with van der Waals surface area (Å²) in [5.74, 6) is -0.0988. The van der Waals surface area contributed by atoms with Crippen molar-refractivity contribution < 1.29 is 4.79 Å². The summed E-state index contributed by atoms with van der Waals surface area (Å²) in [7, 11) is 0. The molecule has 4 aromatic rings. The third-order valence-corrected chi connectivity index (χ3v) is 5.16. The van der Waals surface area contributed by atoms with E-state index in [1.165, 1.54) is 6.07 Å². The zero-order valence-electron chi connectivity index (χ0n) is 17.1. The van der Waals surface area contributed by atoms with Crippen molar-refractivity contribution in [1.82, 2.24) is 14.2 Å². The number of amides is 1. The molecule has 0 bridgehead atoms. The van der Waals surface area contributed by atoms with Gasteiger partial charge < -0.3 is 5.32 Å². The average molecular weight is 388 g/mol. The van der Waals surface area contributed by atoms with Gasteiger partial charge in [-0.1, -0.05) is 25.1 Å². The molecule has 0 aliphatic heterocycles. The highest BCUT2D eigenvalue weighted by molar-refractivity contribution is 5.97. The van der Waals surface area contributed by atoms with Crippen molar-refractivity contribution in [2.24, 2.45) is 0 Å². The Bertz CT molecular complexity index is 1280. The van der Waals surface area contributed by atoms with Crippen LogP contribution in [-0.2, 0) is 4.79 Å². The number of aromatic nitrogens is 3.